The Kier molecular flexibility index (Phi) is 11.3. The number of hydrogen-bond donors (Lipinski definition) is 0. The van der Waals surface area contributed by atoms with Crippen molar-refractivity contribution in [2.24, 2.45) is 0 Å². The molecule has 0 aromatic carbocycles. The Morgan fingerprint density at radius 3 is 2.08 bits per heavy atom. The molecule has 0 bridgehead atoms. The van der Waals surface area contributed by atoms with Crippen molar-refractivity contribution in [3.05, 3.63) is 31.6 Å². The Bertz CT molecular complexity index is 106. The molecule has 74 valence electrons. The quantitative estimate of drug-likeness (QED) is 0.686. The fourth-order valence-corrected chi connectivity index (χ4v) is 1.64. The van der Waals surface area contributed by atoms with Crippen LogP contribution in [0.15, 0.2) is 0 Å². The summed E-state index contributed by atoms with van der Waals surface area (Å²) in [7, 11) is 9.95. The van der Waals surface area contributed by atoms with E-state index in [0.29, 0.717) is 7.92 Å². The predicted octanol–water partition coefficient (Wildman–Crippen LogP) is 3.90. The molecule has 13 heavy (non-hydrogen) atoms. The van der Waals surface area contributed by atoms with Crippen LogP contribution in [0.25, 0.3) is 0 Å². The monoisotopic (exact) mass is 275 g/mol. The van der Waals surface area contributed by atoms with Crippen molar-refractivity contribution in [3.63, 3.8) is 0 Å². The van der Waals surface area contributed by atoms with E-state index in [1.165, 1.54) is 18.5 Å². The van der Waals surface area contributed by atoms with Crippen LogP contribution in [-0.2, 0) is 13.4 Å². The van der Waals surface area contributed by atoms with Crippen molar-refractivity contribution in [2.75, 3.05) is 19.5 Å². The minimum atomic E-state index is -0.181. The van der Waals surface area contributed by atoms with Gasteiger partial charge in [0.25, 0.3) is 0 Å². The van der Waals surface area contributed by atoms with Crippen LogP contribution >= 0.6 is 28.0 Å². The molecular formula is C9H14Cl2CrP+. The molecule has 0 amide bonds. The van der Waals surface area contributed by atoms with Crippen molar-refractivity contribution >= 4 is 28.0 Å². The molecule has 1 aliphatic carbocycles. The summed E-state index contributed by atoms with van der Waals surface area (Å²) in [5.74, 6) is 1.50. The molecule has 0 saturated heterocycles. The maximum absolute atomic E-state index is 4.83. The fraction of sp³-hybridized carbons (Fsp3) is 0.444. The van der Waals surface area contributed by atoms with E-state index in [1.54, 1.807) is 0 Å². The maximum atomic E-state index is 4.83. The molecule has 0 aromatic rings. The van der Waals surface area contributed by atoms with Crippen molar-refractivity contribution in [1.29, 1.82) is 0 Å². The van der Waals surface area contributed by atoms with Crippen LogP contribution < -0.4 is 0 Å². The van der Waals surface area contributed by atoms with Crippen LogP contribution in [0.4, 0.5) is 0 Å². The number of rotatable bonds is 3. The summed E-state index contributed by atoms with van der Waals surface area (Å²) in [6.45, 7) is 4.66. The molecule has 0 unspecified atom stereocenters. The second kappa shape index (κ2) is 10.1. The molecule has 0 aromatic heterocycles. The Morgan fingerprint density at radius 2 is 1.69 bits per heavy atom. The molecule has 0 nitrogen and oxygen atoms in total. The van der Waals surface area contributed by atoms with Gasteiger partial charge in [-0.05, 0) is 57.5 Å². The van der Waals surface area contributed by atoms with E-state index in [4.69, 9.17) is 20.1 Å². The Labute approximate surface area is 98.6 Å². The van der Waals surface area contributed by atoms with Crippen LogP contribution in [0.2, 0.25) is 0 Å². The van der Waals surface area contributed by atoms with Crippen LogP contribution in [0.3, 0.4) is 0 Å². The zero-order valence-corrected chi connectivity index (χ0v) is 11.5. The van der Waals surface area contributed by atoms with E-state index in [2.05, 4.69) is 39.0 Å². The molecule has 0 atom stereocenters. The van der Waals surface area contributed by atoms with Crippen LogP contribution in [-0.4, -0.2) is 19.5 Å². The second-order valence-corrected chi connectivity index (χ2v) is 7.62. The van der Waals surface area contributed by atoms with Gasteiger partial charge in [0.15, 0.2) is 0 Å². The number of halogens is 2. The van der Waals surface area contributed by atoms with Gasteiger partial charge in [-0.25, -0.2) is 0 Å². The third kappa shape index (κ3) is 9.84. The predicted molar refractivity (Wildman–Crippen MR) is 60.4 cm³/mol. The molecule has 5 radical (unpaired) electrons. The first-order chi connectivity index (χ1) is 6.20. The van der Waals surface area contributed by atoms with Crippen LogP contribution in [0.5, 0.6) is 0 Å². The van der Waals surface area contributed by atoms with E-state index < -0.39 is 0 Å². The summed E-state index contributed by atoms with van der Waals surface area (Å²) in [4.78, 5) is 0. The molecule has 0 heterocycles. The first-order valence-electron chi connectivity index (χ1n) is 3.95. The van der Waals surface area contributed by atoms with E-state index in [0.717, 1.165) is 0 Å². The van der Waals surface area contributed by atoms with Gasteiger partial charge in [0.2, 0.25) is 0 Å². The van der Waals surface area contributed by atoms with Gasteiger partial charge < -0.3 is 0 Å². The Hall–Kier alpha value is 1.54. The van der Waals surface area contributed by atoms with Gasteiger partial charge >= 0.3 is 33.5 Å². The van der Waals surface area contributed by atoms with Gasteiger partial charge in [-0.15, -0.1) is 7.92 Å². The molecule has 0 N–H and O–H groups in total. The topological polar surface area (TPSA) is 0 Å². The third-order valence-electron chi connectivity index (χ3n) is 1.58. The van der Waals surface area contributed by atoms with E-state index >= 15 is 0 Å². The molecule has 1 saturated carbocycles. The summed E-state index contributed by atoms with van der Waals surface area (Å²) in [6.07, 6.45) is 11.3. The zero-order valence-electron chi connectivity index (χ0n) is 7.84. The molecule has 4 heteroatoms. The van der Waals surface area contributed by atoms with E-state index in [-0.39, 0.29) is 13.4 Å². The molecule has 1 fully saturated rings. The fourth-order valence-electron chi connectivity index (χ4n) is 0.933. The first kappa shape index (κ1) is 14.5. The van der Waals surface area contributed by atoms with Gasteiger partial charge in [-0.2, -0.15) is 0 Å². The third-order valence-corrected chi connectivity index (χ3v) is 2.70. The molecule has 0 aliphatic heterocycles. The average molecular weight is 276 g/mol. The summed E-state index contributed by atoms with van der Waals surface area (Å²) >= 11 is -0.181. The molecule has 1 rings (SSSR count). The van der Waals surface area contributed by atoms with Gasteiger partial charge in [-0.3, -0.25) is 0 Å². The van der Waals surface area contributed by atoms with Crippen LogP contribution in [0.1, 0.15) is 6.42 Å². The van der Waals surface area contributed by atoms with Crippen LogP contribution in [0, 0.1) is 31.6 Å². The van der Waals surface area contributed by atoms with Crippen molar-refractivity contribution in [1.82, 2.24) is 0 Å². The second-order valence-electron chi connectivity index (χ2n) is 2.90. The summed E-state index contributed by atoms with van der Waals surface area (Å²) in [5, 5.41) is 0. The summed E-state index contributed by atoms with van der Waals surface area (Å²) < 4.78 is 0. The SMILES string of the molecule is CP(C)CC[C]1[CH][CH][CH][CH]1.[Cl][Cr+][Cl]. The summed E-state index contributed by atoms with van der Waals surface area (Å²) in [6, 6.07) is 0. The van der Waals surface area contributed by atoms with Gasteiger partial charge in [-0.1, -0.05) is 0 Å². The van der Waals surface area contributed by atoms with E-state index in [9.17, 15) is 0 Å². The summed E-state index contributed by atoms with van der Waals surface area (Å²) in [5.41, 5.74) is 0. The van der Waals surface area contributed by atoms with Gasteiger partial charge in [0.1, 0.15) is 0 Å². The first-order valence-corrected chi connectivity index (χ1v) is 9.88. The minimum absolute atomic E-state index is 0.181. The standard InChI is InChI=1S/C9H14P.2ClH.Cr/c1-10(2)8-7-9-5-3-4-6-9;;;/h3-6H,7-8H2,1-2H3;2*1H;/q;;;+3/p-2. The Balaban J connectivity index is 0.000000424. The molecule has 0 spiro atoms. The van der Waals surface area contributed by atoms with Gasteiger partial charge in [0, 0.05) is 0 Å². The zero-order chi connectivity index (χ0) is 10.1. The van der Waals surface area contributed by atoms with E-state index in [1.807, 2.05) is 0 Å². The normalized spacial score (nSPS) is 17.0. The molecule has 1 aliphatic rings. The van der Waals surface area contributed by atoms with Crippen molar-refractivity contribution in [2.45, 2.75) is 6.42 Å². The molecular weight excluding hydrogens is 262 g/mol. The van der Waals surface area contributed by atoms with Gasteiger partial charge in [0.05, 0.1) is 0 Å². The van der Waals surface area contributed by atoms with Crippen molar-refractivity contribution < 1.29 is 13.4 Å². The Morgan fingerprint density at radius 1 is 1.23 bits per heavy atom. The van der Waals surface area contributed by atoms with Crippen molar-refractivity contribution in [3.8, 4) is 0 Å². The number of hydrogen-bond acceptors (Lipinski definition) is 0. The average Bonchev–Trinajstić information content (AvgIpc) is 2.54.